The molecule has 2 aromatic heterocycles. The zero-order valence-corrected chi connectivity index (χ0v) is 28.3. The third-order valence-electron chi connectivity index (χ3n) is 9.12. The number of aromatic nitrogens is 2. The molecule has 0 radical (unpaired) electrons. The van der Waals surface area contributed by atoms with Crippen LogP contribution in [0, 0.1) is 0 Å². The van der Waals surface area contributed by atoms with E-state index in [1.165, 1.54) is 0 Å². The van der Waals surface area contributed by atoms with E-state index in [4.69, 9.17) is 19.0 Å². The topological polar surface area (TPSA) is 90.0 Å². The molecule has 250 valence electrons. The summed E-state index contributed by atoms with van der Waals surface area (Å²) in [6.45, 7) is 7.81. The van der Waals surface area contributed by atoms with Gasteiger partial charge in [-0.1, -0.05) is 57.0 Å². The van der Waals surface area contributed by atoms with Crippen LogP contribution in [0.5, 0.6) is 11.5 Å². The van der Waals surface area contributed by atoms with Crippen LogP contribution in [0.4, 0.5) is 0 Å². The third-order valence-corrected chi connectivity index (χ3v) is 9.12. The minimum Gasteiger partial charge on any atom is -0.493 e. The predicted molar refractivity (Wildman–Crippen MR) is 188 cm³/mol. The van der Waals surface area contributed by atoms with Gasteiger partial charge in [0.25, 0.3) is 5.91 Å². The number of benzene rings is 3. The number of nitrogens with zero attached hydrogens (tertiary/aromatic N) is 4. The Labute approximate surface area is 281 Å². The molecule has 0 aliphatic carbocycles. The molecule has 3 heterocycles. The van der Waals surface area contributed by atoms with Gasteiger partial charge in [-0.15, -0.1) is 0 Å². The highest BCUT2D eigenvalue weighted by Crippen LogP contribution is 2.43. The van der Waals surface area contributed by atoms with E-state index in [-0.39, 0.29) is 17.1 Å². The average molecular weight is 649 g/mol. The summed E-state index contributed by atoms with van der Waals surface area (Å²) in [4.78, 5) is 32.9. The standard InChI is InChI=1S/C39H44N4O5/c1-5-7-21-41(22-8-6-2)23-14-24-42-36(34-37(44)29-17-12-13-18-31(29)48-38(34)39(42)45)30-26-43(28-15-10-9-11-16-28)40-35(30)27-19-20-32(46-3)33(25-27)47-4/h9-13,15-20,25-26,36H,5-8,14,21-24H2,1-4H3. The van der Waals surface area contributed by atoms with Crippen molar-refractivity contribution in [1.82, 2.24) is 19.6 Å². The fourth-order valence-electron chi connectivity index (χ4n) is 6.59. The molecule has 0 bridgehead atoms. The number of carbonyl (C=O) groups excluding carboxylic acids is 1. The van der Waals surface area contributed by atoms with Crippen LogP contribution in [0.25, 0.3) is 27.9 Å². The van der Waals surface area contributed by atoms with Crippen molar-refractivity contribution < 1.29 is 18.7 Å². The molecule has 0 N–H and O–H groups in total. The second-order valence-corrected chi connectivity index (χ2v) is 12.3. The van der Waals surface area contributed by atoms with Crippen LogP contribution in [0.1, 0.15) is 73.7 Å². The fourth-order valence-corrected chi connectivity index (χ4v) is 6.59. The summed E-state index contributed by atoms with van der Waals surface area (Å²) in [6, 6.07) is 21.9. The van der Waals surface area contributed by atoms with Crippen LogP contribution in [0.15, 0.2) is 88.2 Å². The van der Waals surface area contributed by atoms with Crippen LogP contribution in [-0.4, -0.2) is 65.9 Å². The predicted octanol–water partition coefficient (Wildman–Crippen LogP) is 7.50. The van der Waals surface area contributed by atoms with Crippen molar-refractivity contribution in [2.24, 2.45) is 0 Å². The Bertz CT molecular complexity index is 1920. The molecule has 0 fully saturated rings. The molecule has 9 nitrogen and oxygen atoms in total. The second-order valence-electron chi connectivity index (χ2n) is 12.3. The molecule has 0 saturated heterocycles. The van der Waals surface area contributed by atoms with Gasteiger partial charge in [0, 0.05) is 23.9 Å². The van der Waals surface area contributed by atoms with Gasteiger partial charge >= 0.3 is 0 Å². The summed E-state index contributed by atoms with van der Waals surface area (Å²) in [6.07, 6.45) is 7.24. The minimum atomic E-state index is -0.700. The Balaban J connectivity index is 1.49. The SMILES string of the molecule is CCCCN(CCCC)CCCN1C(=O)c2oc3ccccc3c(=O)c2C1c1cn(-c2ccccc2)nc1-c1ccc(OC)c(OC)c1. The number of amides is 1. The lowest BCUT2D eigenvalue weighted by Crippen LogP contribution is -2.34. The molecule has 5 aromatic rings. The highest BCUT2D eigenvalue weighted by molar-refractivity contribution is 5.99. The smallest absolute Gasteiger partial charge is 0.290 e. The van der Waals surface area contributed by atoms with Gasteiger partial charge in [0.05, 0.1) is 42.6 Å². The highest BCUT2D eigenvalue weighted by atomic mass is 16.5. The van der Waals surface area contributed by atoms with E-state index in [0.717, 1.165) is 68.6 Å². The van der Waals surface area contributed by atoms with Gasteiger partial charge in [-0.3, -0.25) is 9.59 Å². The van der Waals surface area contributed by atoms with E-state index < -0.39 is 6.04 Å². The maximum Gasteiger partial charge on any atom is 0.290 e. The molecular formula is C39H44N4O5. The Hall–Kier alpha value is -4.89. The molecule has 1 aliphatic rings. The average Bonchev–Trinajstić information content (AvgIpc) is 3.68. The van der Waals surface area contributed by atoms with E-state index in [1.54, 1.807) is 26.4 Å². The summed E-state index contributed by atoms with van der Waals surface area (Å²) in [7, 11) is 3.20. The molecule has 0 saturated carbocycles. The van der Waals surface area contributed by atoms with Crippen molar-refractivity contribution in [2.45, 2.75) is 52.0 Å². The van der Waals surface area contributed by atoms with Gasteiger partial charge < -0.3 is 23.7 Å². The Morgan fingerprint density at radius 1 is 0.833 bits per heavy atom. The lowest BCUT2D eigenvalue weighted by molar-refractivity contribution is 0.0719. The molecule has 6 rings (SSSR count). The van der Waals surface area contributed by atoms with Gasteiger partial charge in [-0.05, 0) is 81.4 Å². The summed E-state index contributed by atoms with van der Waals surface area (Å²) in [5.41, 5.74) is 3.54. The zero-order valence-electron chi connectivity index (χ0n) is 28.3. The molecule has 1 amide bonds. The maximum absolute atomic E-state index is 14.3. The molecule has 1 unspecified atom stereocenters. The monoisotopic (exact) mass is 648 g/mol. The quantitative estimate of drug-likeness (QED) is 0.116. The zero-order chi connectivity index (χ0) is 33.6. The number of methoxy groups -OCH3 is 2. The van der Waals surface area contributed by atoms with Crippen LogP contribution in [-0.2, 0) is 0 Å². The maximum atomic E-state index is 14.3. The highest BCUT2D eigenvalue weighted by Gasteiger charge is 2.44. The first-order valence-corrected chi connectivity index (χ1v) is 16.9. The van der Waals surface area contributed by atoms with Gasteiger partial charge in [-0.2, -0.15) is 5.10 Å². The van der Waals surface area contributed by atoms with E-state index in [0.29, 0.717) is 40.3 Å². The van der Waals surface area contributed by atoms with Crippen molar-refractivity contribution in [3.05, 3.63) is 106 Å². The Morgan fingerprint density at radius 2 is 1.52 bits per heavy atom. The normalized spacial score (nSPS) is 14.2. The Morgan fingerprint density at radius 3 is 2.23 bits per heavy atom. The van der Waals surface area contributed by atoms with Crippen molar-refractivity contribution in [3.63, 3.8) is 0 Å². The number of ether oxygens (including phenoxy) is 2. The fraction of sp³-hybridized carbons (Fsp3) is 0.359. The molecule has 3 aromatic carbocycles. The summed E-state index contributed by atoms with van der Waals surface area (Å²) >= 11 is 0. The van der Waals surface area contributed by atoms with Gasteiger partial charge in [-0.25, -0.2) is 4.68 Å². The lowest BCUT2D eigenvalue weighted by Gasteiger charge is -2.27. The second kappa shape index (κ2) is 14.9. The van der Waals surface area contributed by atoms with Gasteiger partial charge in [0.15, 0.2) is 16.9 Å². The van der Waals surface area contributed by atoms with Crippen LogP contribution < -0.4 is 14.9 Å². The molecule has 1 aliphatic heterocycles. The number of rotatable bonds is 15. The molecular weight excluding hydrogens is 604 g/mol. The molecule has 48 heavy (non-hydrogen) atoms. The van der Waals surface area contributed by atoms with E-state index in [9.17, 15) is 9.59 Å². The molecule has 9 heteroatoms. The Kier molecular flexibility index (Phi) is 10.3. The number of para-hydroxylation sites is 2. The first-order valence-electron chi connectivity index (χ1n) is 16.9. The largest absolute Gasteiger partial charge is 0.493 e. The van der Waals surface area contributed by atoms with Crippen LogP contribution in [0.2, 0.25) is 0 Å². The third kappa shape index (κ3) is 6.47. The number of unbranched alkanes of at least 4 members (excludes halogenated alkanes) is 2. The van der Waals surface area contributed by atoms with E-state index in [2.05, 4.69) is 18.7 Å². The minimum absolute atomic E-state index is 0.100. The van der Waals surface area contributed by atoms with Crippen molar-refractivity contribution in [1.29, 1.82) is 0 Å². The van der Waals surface area contributed by atoms with Crippen LogP contribution in [0.3, 0.4) is 0 Å². The molecule has 0 spiro atoms. The number of hydrogen-bond donors (Lipinski definition) is 0. The number of hydrogen-bond acceptors (Lipinski definition) is 7. The van der Waals surface area contributed by atoms with Gasteiger partial charge in [0.2, 0.25) is 5.76 Å². The first kappa shape index (κ1) is 33.0. The van der Waals surface area contributed by atoms with Crippen molar-refractivity contribution >= 4 is 16.9 Å². The number of carbonyl (C=O) groups is 1. The van der Waals surface area contributed by atoms with Crippen LogP contribution >= 0.6 is 0 Å². The first-order chi connectivity index (χ1) is 23.5. The molecule has 1 atom stereocenters. The summed E-state index contributed by atoms with van der Waals surface area (Å²) in [5, 5.41) is 5.52. The number of fused-ring (bicyclic) bond motifs is 2. The van der Waals surface area contributed by atoms with E-state index >= 15 is 0 Å². The van der Waals surface area contributed by atoms with Crippen molar-refractivity contribution in [3.8, 4) is 28.4 Å². The lowest BCUT2D eigenvalue weighted by atomic mass is 9.96. The summed E-state index contributed by atoms with van der Waals surface area (Å²) in [5.74, 6) is 0.969. The van der Waals surface area contributed by atoms with Crippen molar-refractivity contribution in [2.75, 3.05) is 40.4 Å². The summed E-state index contributed by atoms with van der Waals surface area (Å²) < 4.78 is 19.2. The van der Waals surface area contributed by atoms with Gasteiger partial charge in [0.1, 0.15) is 5.58 Å². The van der Waals surface area contributed by atoms with E-state index in [1.807, 2.05) is 76.4 Å².